The lowest BCUT2D eigenvalue weighted by molar-refractivity contribution is 0.142. The van der Waals surface area contributed by atoms with Gasteiger partial charge < -0.3 is 0 Å². The predicted molar refractivity (Wildman–Crippen MR) is 85.3 cm³/mol. The highest BCUT2D eigenvalue weighted by Gasteiger charge is 2.23. The minimum Gasteiger partial charge on any atom is -0.297 e. The number of nitrogens with zero attached hydrogens (tertiary/aromatic N) is 3. The topological polar surface area (TPSA) is 84.3 Å². The van der Waals surface area contributed by atoms with Gasteiger partial charge in [-0.3, -0.25) is 9.69 Å². The lowest BCUT2D eigenvalue weighted by atomic mass is 10.0. The van der Waals surface area contributed by atoms with Crippen LogP contribution < -0.4 is 10.3 Å². The molecule has 2 heterocycles. The van der Waals surface area contributed by atoms with Crippen LogP contribution in [0, 0.1) is 6.92 Å². The fourth-order valence-electron chi connectivity index (χ4n) is 2.77. The molecule has 0 saturated carbocycles. The molecule has 1 saturated heterocycles. The van der Waals surface area contributed by atoms with E-state index >= 15 is 0 Å². The van der Waals surface area contributed by atoms with E-state index < -0.39 is 10.0 Å². The number of likely N-dealkylation sites (tertiary alicyclic amines) is 1. The Morgan fingerprint density at radius 3 is 2.82 bits per heavy atom. The molecule has 1 fully saturated rings. The monoisotopic (exact) mass is 328 g/mol. The summed E-state index contributed by atoms with van der Waals surface area (Å²) in [6.45, 7) is 4.43. The molecular formula is C14H24N4O3S. The van der Waals surface area contributed by atoms with Crippen LogP contribution in [0.15, 0.2) is 16.9 Å². The molecule has 22 heavy (non-hydrogen) atoms. The van der Waals surface area contributed by atoms with Crippen molar-refractivity contribution in [1.82, 2.24) is 19.4 Å². The summed E-state index contributed by atoms with van der Waals surface area (Å²) in [5.41, 5.74) is 0.710. The molecule has 0 radical (unpaired) electrons. The van der Waals surface area contributed by atoms with Gasteiger partial charge in [0.05, 0.1) is 18.5 Å². The Labute approximate surface area is 131 Å². The molecule has 0 amide bonds. The number of aromatic nitrogens is 2. The summed E-state index contributed by atoms with van der Waals surface area (Å²) in [5, 5.41) is 4.23. The molecule has 1 aliphatic heterocycles. The average Bonchev–Trinajstić information content (AvgIpc) is 2.46. The van der Waals surface area contributed by atoms with E-state index in [1.807, 2.05) is 6.92 Å². The van der Waals surface area contributed by atoms with Gasteiger partial charge >= 0.3 is 0 Å². The smallest absolute Gasteiger partial charge is 0.266 e. The third-order valence-electron chi connectivity index (χ3n) is 3.93. The molecule has 1 N–H and O–H groups in total. The number of hydrogen-bond acceptors (Lipinski definition) is 5. The van der Waals surface area contributed by atoms with Gasteiger partial charge in [-0.1, -0.05) is 6.42 Å². The Hall–Kier alpha value is -1.25. The van der Waals surface area contributed by atoms with Crippen molar-refractivity contribution in [2.45, 2.75) is 38.8 Å². The van der Waals surface area contributed by atoms with Gasteiger partial charge in [0.1, 0.15) is 0 Å². The van der Waals surface area contributed by atoms with Crippen molar-refractivity contribution in [3.63, 3.8) is 0 Å². The molecule has 1 aliphatic rings. The first-order valence-corrected chi connectivity index (χ1v) is 9.48. The summed E-state index contributed by atoms with van der Waals surface area (Å²) >= 11 is 0. The van der Waals surface area contributed by atoms with Crippen molar-refractivity contribution in [3.05, 3.63) is 28.2 Å². The normalized spacial score (nSPS) is 20.2. The first-order chi connectivity index (χ1) is 10.3. The summed E-state index contributed by atoms with van der Waals surface area (Å²) in [7, 11) is -3.17. The van der Waals surface area contributed by atoms with E-state index in [-0.39, 0.29) is 11.6 Å². The lowest BCUT2D eigenvalue weighted by Gasteiger charge is -2.35. The van der Waals surface area contributed by atoms with E-state index in [0.717, 1.165) is 31.5 Å². The summed E-state index contributed by atoms with van der Waals surface area (Å²) < 4.78 is 26.6. The highest BCUT2D eigenvalue weighted by molar-refractivity contribution is 7.88. The Morgan fingerprint density at radius 1 is 1.32 bits per heavy atom. The van der Waals surface area contributed by atoms with Gasteiger partial charge in [0.25, 0.3) is 5.56 Å². The zero-order valence-corrected chi connectivity index (χ0v) is 14.0. The summed E-state index contributed by atoms with van der Waals surface area (Å²) in [6.07, 6.45) is 4.36. The predicted octanol–water partition coefficient (Wildman–Crippen LogP) is -0.0446. The highest BCUT2D eigenvalue weighted by Crippen LogP contribution is 2.16. The van der Waals surface area contributed by atoms with Crippen LogP contribution in [0.1, 0.15) is 25.0 Å². The van der Waals surface area contributed by atoms with Crippen LogP contribution in [0.4, 0.5) is 0 Å². The van der Waals surface area contributed by atoms with Crippen LogP contribution in [0.25, 0.3) is 0 Å². The number of hydrogen-bond donors (Lipinski definition) is 1. The molecule has 0 aliphatic carbocycles. The van der Waals surface area contributed by atoms with Crippen molar-refractivity contribution < 1.29 is 8.42 Å². The third kappa shape index (κ3) is 5.19. The van der Waals surface area contributed by atoms with Crippen LogP contribution in [0.3, 0.4) is 0 Å². The third-order valence-corrected chi connectivity index (χ3v) is 4.62. The quantitative estimate of drug-likeness (QED) is 0.792. The molecule has 1 atom stereocenters. The zero-order valence-electron chi connectivity index (χ0n) is 13.2. The zero-order chi connectivity index (χ0) is 16.2. The molecule has 0 aromatic carbocycles. The number of aryl methyl sites for hydroxylation is 1. The minimum atomic E-state index is -3.17. The van der Waals surface area contributed by atoms with E-state index in [2.05, 4.69) is 14.7 Å². The summed E-state index contributed by atoms with van der Waals surface area (Å²) in [6, 6.07) is 3.42. The van der Waals surface area contributed by atoms with Gasteiger partial charge in [-0.05, 0) is 32.4 Å². The largest absolute Gasteiger partial charge is 0.297 e. The van der Waals surface area contributed by atoms with Crippen molar-refractivity contribution in [1.29, 1.82) is 0 Å². The Kier molecular flexibility index (Phi) is 5.71. The highest BCUT2D eigenvalue weighted by atomic mass is 32.2. The Balaban J connectivity index is 1.96. The summed E-state index contributed by atoms with van der Waals surface area (Å²) in [4.78, 5) is 14.0. The number of sulfonamides is 1. The first-order valence-electron chi connectivity index (χ1n) is 7.58. The molecule has 0 spiro atoms. The molecule has 1 aromatic rings. The molecule has 2 rings (SSSR count). The summed E-state index contributed by atoms with van der Waals surface area (Å²) in [5.74, 6) is 0. The van der Waals surface area contributed by atoms with E-state index in [1.165, 1.54) is 17.0 Å². The Bertz CT molecular complexity index is 656. The number of nitrogens with one attached hydrogen (secondary N) is 1. The van der Waals surface area contributed by atoms with Gasteiger partial charge in [-0.15, -0.1) is 0 Å². The van der Waals surface area contributed by atoms with Gasteiger partial charge in [0.15, 0.2) is 0 Å². The molecule has 7 nitrogen and oxygen atoms in total. The van der Waals surface area contributed by atoms with Gasteiger partial charge in [-0.25, -0.2) is 17.8 Å². The molecule has 124 valence electrons. The maximum Gasteiger partial charge on any atom is 0.266 e. The van der Waals surface area contributed by atoms with Gasteiger partial charge in [-0.2, -0.15) is 5.10 Å². The first kappa shape index (κ1) is 17.1. The van der Waals surface area contributed by atoms with E-state index in [0.29, 0.717) is 19.6 Å². The van der Waals surface area contributed by atoms with Crippen LogP contribution in [-0.2, 0) is 16.6 Å². The maximum absolute atomic E-state index is 11.8. The van der Waals surface area contributed by atoms with Crippen molar-refractivity contribution >= 4 is 10.0 Å². The molecule has 1 unspecified atom stereocenters. The van der Waals surface area contributed by atoms with Crippen LogP contribution >= 0.6 is 0 Å². The SMILES string of the molecule is Cc1ccc(=O)n(CCN2CCCCC2CNS(C)(=O)=O)n1. The second-order valence-electron chi connectivity index (χ2n) is 5.84. The van der Waals surface area contributed by atoms with E-state index in [9.17, 15) is 13.2 Å². The van der Waals surface area contributed by atoms with E-state index in [4.69, 9.17) is 0 Å². The fraction of sp³-hybridized carbons (Fsp3) is 0.714. The second-order valence-corrected chi connectivity index (χ2v) is 7.68. The van der Waals surface area contributed by atoms with Crippen molar-refractivity contribution in [2.75, 3.05) is 25.9 Å². The minimum absolute atomic E-state index is 0.103. The molecule has 8 heteroatoms. The van der Waals surface area contributed by atoms with E-state index in [1.54, 1.807) is 6.07 Å². The standard InChI is InChI=1S/C14H24N4O3S/c1-12-6-7-14(19)18(16-12)10-9-17-8-4-3-5-13(17)11-15-22(2,20)21/h6-7,13,15H,3-5,8-11H2,1-2H3. The number of rotatable bonds is 6. The average molecular weight is 328 g/mol. The second kappa shape index (κ2) is 7.34. The molecule has 0 bridgehead atoms. The van der Waals surface area contributed by atoms with Gasteiger partial charge in [0.2, 0.25) is 10.0 Å². The Morgan fingerprint density at radius 2 is 2.09 bits per heavy atom. The van der Waals surface area contributed by atoms with Crippen molar-refractivity contribution in [2.24, 2.45) is 0 Å². The van der Waals surface area contributed by atoms with Crippen LogP contribution in [0.2, 0.25) is 0 Å². The van der Waals surface area contributed by atoms with Crippen molar-refractivity contribution in [3.8, 4) is 0 Å². The van der Waals surface area contributed by atoms with Gasteiger partial charge in [0, 0.05) is 25.2 Å². The van der Waals surface area contributed by atoms with Crippen LogP contribution in [-0.4, -0.2) is 55.0 Å². The molecular weight excluding hydrogens is 304 g/mol. The fourth-order valence-corrected chi connectivity index (χ4v) is 3.26. The molecule has 1 aromatic heterocycles. The lowest BCUT2D eigenvalue weighted by Crippen LogP contribution is -2.48. The number of piperidine rings is 1. The maximum atomic E-state index is 11.8. The van der Waals surface area contributed by atoms with Crippen LogP contribution in [0.5, 0.6) is 0 Å².